The van der Waals surface area contributed by atoms with Gasteiger partial charge in [0.2, 0.25) is 5.91 Å². The van der Waals surface area contributed by atoms with Gasteiger partial charge in [0, 0.05) is 18.2 Å². The SMILES string of the molecule is CC1CC(C(=O)Nc2ccncc2F)CCN1. The first-order chi connectivity index (χ1) is 8.16. The molecule has 17 heavy (non-hydrogen) atoms. The van der Waals surface area contributed by atoms with E-state index in [0.717, 1.165) is 25.6 Å². The van der Waals surface area contributed by atoms with Crippen LogP contribution in [0, 0.1) is 11.7 Å². The maximum atomic E-state index is 13.3. The third-order valence-electron chi connectivity index (χ3n) is 3.02. The molecule has 0 spiro atoms. The highest BCUT2D eigenvalue weighted by atomic mass is 19.1. The molecule has 0 aliphatic carbocycles. The molecule has 1 fully saturated rings. The summed E-state index contributed by atoms with van der Waals surface area (Å²) >= 11 is 0. The van der Waals surface area contributed by atoms with E-state index >= 15 is 0 Å². The molecule has 1 aliphatic rings. The highest BCUT2D eigenvalue weighted by molar-refractivity contribution is 5.92. The molecule has 0 aromatic carbocycles. The second-order valence-corrected chi connectivity index (χ2v) is 4.42. The van der Waals surface area contributed by atoms with Gasteiger partial charge < -0.3 is 10.6 Å². The number of carbonyl (C=O) groups is 1. The van der Waals surface area contributed by atoms with Crippen molar-refractivity contribution in [2.75, 3.05) is 11.9 Å². The summed E-state index contributed by atoms with van der Waals surface area (Å²) < 4.78 is 13.3. The maximum Gasteiger partial charge on any atom is 0.227 e. The van der Waals surface area contributed by atoms with Gasteiger partial charge in [0.05, 0.1) is 11.9 Å². The fourth-order valence-corrected chi connectivity index (χ4v) is 2.08. The molecule has 1 aromatic rings. The lowest BCUT2D eigenvalue weighted by Crippen LogP contribution is -2.40. The molecular formula is C12H16FN3O. The first kappa shape index (κ1) is 12.0. The molecule has 2 unspecified atom stereocenters. The van der Waals surface area contributed by atoms with Crippen LogP contribution in [-0.4, -0.2) is 23.5 Å². The number of rotatable bonds is 2. The molecular weight excluding hydrogens is 221 g/mol. The van der Waals surface area contributed by atoms with Gasteiger partial charge in [0.1, 0.15) is 0 Å². The molecule has 1 aromatic heterocycles. The smallest absolute Gasteiger partial charge is 0.227 e. The van der Waals surface area contributed by atoms with Crippen LogP contribution < -0.4 is 10.6 Å². The van der Waals surface area contributed by atoms with E-state index in [4.69, 9.17) is 0 Å². The van der Waals surface area contributed by atoms with Crippen molar-refractivity contribution >= 4 is 11.6 Å². The number of hydrogen-bond acceptors (Lipinski definition) is 3. The molecule has 1 saturated heterocycles. The van der Waals surface area contributed by atoms with Crippen LogP contribution in [0.5, 0.6) is 0 Å². The van der Waals surface area contributed by atoms with Crippen LogP contribution in [0.4, 0.5) is 10.1 Å². The standard InChI is InChI=1S/C12H16FN3O/c1-8-6-9(2-5-15-8)12(17)16-11-3-4-14-7-10(11)13/h3-4,7-9,15H,2,5-6H2,1H3,(H,14,16,17). The minimum absolute atomic E-state index is 0.0428. The van der Waals surface area contributed by atoms with E-state index in [1.807, 2.05) is 6.92 Å². The molecule has 4 nitrogen and oxygen atoms in total. The largest absolute Gasteiger partial charge is 0.323 e. The number of nitrogens with zero attached hydrogens (tertiary/aromatic N) is 1. The monoisotopic (exact) mass is 237 g/mol. The predicted octanol–water partition coefficient (Wildman–Crippen LogP) is 1.55. The average molecular weight is 237 g/mol. The summed E-state index contributed by atoms with van der Waals surface area (Å²) in [6, 6.07) is 1.80. The fraction of sp³-hybridized carbons (Fsp3) is 0.500. The molecule has 2 heterocycles. The van der Waals surface area contributed by atoms with Crippen LogP contribution in [-0.2, 0) is 4.79 Å². The zero-order chi connectivity index (χ0) is 12.3. The lowest BCUT2D eigenvalue weighted by atomic mass is 9.92. The lowest BCUT2D eigenvalue weighted by Gasteiger charge is -2.27. The van der Waals surface area contributed by atoms with E-state index in [0.29, 0.717) is 6.04 Å². The Morgan fingerprint density at radius 2 is 2.47 bits per heavy atom. The van der Waals surface area contributed by atoms with Crippen LogP contribution in [0.15, 0.2) is 18.5 Å². The Morgan fingerprint density at radius 3 is 3.18 bits per heavy atom. The van der Waals surface area contributed by atoms with Crippen LogP contribution >= 0.6 is 0 Å². The van der Waals surface area contributed by atoms with E-state index in [-0.39, 0.29) is 17.5 Å². The van der Waals surface area contributed by atoms with Gasteiger partial charge >= 0.3 is 0 Å². The normalized spacial score (nSPS) is 24.4. The van der Waals surface area contributed by atoms with Crippen molar-refractivity contribution in [1.29, 1.82) is 0 Å². The minimum Gasteiger partial charge on any atom is -0.323 e. The highest BCUT2D eigenvalue weighted by Gasteiger charge is 2.25. The Morgan fingerprint density at radius 1 is 1.65 bits per heavy atom. The maximum absolute atomic E-state index is 13.3. The molecule has 5 heteroatoms. The zero-order valence-electron chi connectivity index (χ0n) is 9.74. The first-order valence-electron chi connectivity index (χ1n) is 5.80. The van der Waals surface area contributed by atoms with E-state index < -0.39 is 5.82 Å². The zero-order valence-corrected chi connectivity index (χ0v) is 9.74. The fourth-order valence-electron chi connectivity index (χ4n) is 2.08. The van der Waals surface area contributed by atoms with E-state index in [1.54, 1.807) is 0 Å². The van der Waals surface area contributed by atoms with Crippen LogP contribution in [0.25, 0.3) is 0 Å². The van der Waals surface area contributed by atoms with Gasteiger partial charge in [-0.25, -0.2) is 4.39 Å². The van der Waals surface area contributed by atoms with E-state index in [2.05, 4.69) is 15.6 Å². The Labute approximate surface area is 99.6 Å². The number of pyridine rings is 1. The number of anilines is 1. The summed E-state index contributed by atoms with van der Waals surface area (Å²) in [6.45, 7) is 2.88. The summed E-state index contributed by atoms with van der Waals surface area (Å²) in [6.07, 6.45) is 4.14. The first-order valence-corrected chi connectivity index (χ1v) is 5.80. The summed E-state index contributed by atoms with van der Waals surface area (Å²) in [5.74, 6) is -0.648. The number of piperidine rings is 1. The van der Waals surface area contributed by atoms with Crippen LogP contribution in [0.3, 0.4) is 0 Å². The van der Waals surface area contributed by atoms with Gasteiger partial charge in [-0.1, -0.05) is 0 Å². The Kier molecular flexibility index (Phi) is 3.68. The number of halogens is 1. The van der Waals surface area contributed by atoms with Crippen molar-refractivity contribution in [2.45, 2.75) is 25.8 Å². The summed E-state index contributed by atoms with van der Waals surface area (Å²) in [5.41, 5.74) is 0.205. The molecule has 2 atom stereocenters. The van der Waals surface area contributed by atoms with Crippen molar-refractivity contribution in [3.63, 3.8) is 0 Å². The molecule has 0 bridgehead atoms. The van der Waals surface area contributed by atoms with E-state index in [9.17, 15) is 9.18 Å². The molecule has 0 radical (unpaired) electrons. The molecule has 0 saturated carbocycles. The third-order valence-corrected chi connectivity index (χ3v) is 3.02. The average Bonchev–Trinajstić information content (AvgIpc) is 2.32. The van der Waals surface area contributed by atoms with Gasteiger partial charge in [-0.05, 0) is 32.4 Å². The molecule has 2 rings (SSSR count). The molecule has 1 aliphatic heterocycles. The molecule has 2 N–H and O–H groups in total. The van der Waals surface area contributed by atoms with Crippen molar-refractivity contribution in [3.8, 4) is 0 Å². The van der Waals surface area contributed by atoms with Gasteiger partial charge in [-0.3, -0.25) is 9.78 Å². The van der Waals surface area contributed by atoms with Crippen molar-refractivity contribution in [3.05, 3.63) is 24.3 Å². The van der Waals surface area contributed by atoms with Crippen molar-refractivity contribution in [1.82, 2.24) is 10.3 Å². The van der Waals surface area contributed by atoms with Crippen molar-refractivity contribution < 1.29 is 9.18 Å². The van der Waals surface area contributed by atoms with Crippen LogP contribution in [0.1, 0.15) is 19.8 Å². The number of hydrogen-bond donors (Lipinski definition) is 2. The highest BCUT2D eigenvalue weighted by Crippen LogP contribution is 2.19. The quantitative estimate of drug-likeness (QED) is 0.820. The molecule has 92 valence electrons. The van der Waals surface area contributed by atoms with Crippen LogP contribution in [0.2, 0.25) is 0 Å². The van der Waals surface area contributed by atoms with E-state index in [1.165, 1.54) is 12.3 Å². The minimum atomic E-state index is -0.497. The molecule has 1 amide bonds. The number of aromatic nitrogens is 1. The second-order valence-electron chi connectivity index (χ2n) is 4.42. The Bertz CT molecular complexity index is 410. The Balaban J connectivity index is 1.99. The van der Waals surface area contributed by atoms with Gasteiger partial charge in [0.25, 0.3) is 0 Å². The predicted molar refractivity (Wildman–Crippen MR) is 63.0 cm³/mol. The summed E-state index contributed by atoms with van der Waals surface area (Å²) in [4.78, 5) is 15.6. The lowest BCUT2D eigenvalue weighted by molar-refractivity contribution is -0.120. The number of carbonyl (C=O) groups excluding carboxylic acids is 1. The topological polar surface area (TPSA) is 54.0 Å². The number of nitrogens with one attached hydrogen (secondary N) is 2. The Hall–Kier alpha value is -1.49. The summed E-state index contributed by atoms with van der Waals surface area (Å²) in [5, 5.41) is 5.90. The van der Waals surface area contributed by atoms with Gasteiger partial charge in [0.15, 0.2) is 5.82 Å². The summed E-state index contributed by atoms with van der Waals surface area (Å²) in [7, 11) is 0. The van der Waals surface area contributed by atoms with Crippen molar-refractivity contribution in [2.24, 2.45) is 5.92 Å². The van der Waals surface area contributed by atoms with Gasteiger partial charge in [-0.2, -0.15) is 0 Å². The van der Waals surface area contributed by atoms with Gasteiger partial charge in [-0.15, -0.1) is 0 Å². The second kappa shape index (κ2) is 5.23. The third kappa shape index (κ3) is 3.00. The number of amides is 1.